The molecule has 0 bridgehead atoms. The van der Waals surface area contributed by atoms with Gasteiger partial charge < -0.3 is 14.6 Å². The lowest BCUT2D eigenvalue weighted by molar-refractivity contribution is -0.252. The molecule has 0 aromatic heterocycles. The molecule has 0 aliphatic carbocycles. The summed E-state index contributed by atoms with van der Waals surface area (Å²) in [6.45, 7) is 0.250. The highest BCUT2D eigenvalue weighted by molar-refractivity contribution is 4.40. The third kappa shape index (κ3) is 1.78. The van der Waals surface area contributed by atoms with E-state index in [4.69, 9.17) is 14.6 Å². The monoisotopic (exact) mass is 118 g/mol. The Labute approximate surface area is 48.2 Å². The van der Waals surface area contributed by atoms with E-state index in [1.165, 1.54) is 0 Å². The maximum atomic E-state index is 8.64. The van der Waals surface area contributed by atoms with Gasteiger partial charge in [0.1, 0.15) is 0 Å². The normalized spacial score (nSPS) is 25.1. The van der Waals surface area contributed by atoms with Crippen LogP contribution in [-0.4, -0.2) is 24.8 Å². The Morgan fingerprint density at radius 3 is 2.12 bits per heavy atom. The molecule has 0 spiro atoms. The van der Waals surface area contributed by atoms with Crippen LogP contribution in [0.5, 0.6) is 0 Å². The second-order valence-electron chi connectivity index (χ2n) is 1.76. The molecule has 3 heteroatoms. The second kappa shape index (κ2) is 3.02. The summed E-state index contributed by atoms with van der Waals surface area (Å²) in [6.07, 6.45) is 1.97. The lowest BCUT2D eigenvalue weighted by Gasteiger charge is -2.05. The zero-order valence-electron chi connectivity index (χ0n) is 4.67. The van der Waals surface area contributed by atoms with Gasteiger partial charge in [-0.05, 0) is 12.8 Å². The highest BCUT2D eigenvalue weighted by atomic mass is 16.8. The fraction of sp³-hybridized carbons (Fsp3) is 1.00. The first-order valence-electron chi connectivity index (χ1n) is 2.81. The van der Waals surface area contributed by atoms with E-state index in [0.717, 1.165) is 12.8 Å². The number of hydrogen-bond acceptors (Lipinski definition) is 3. The minimum Gasteiger partial charge on any atom is -0.346 e. The number of aliphatic hydroxyl groups is 1. The smallest absolute Gasteiger partial charge is 0.269 e. The van der Waals surface area contributed by atoms with Crippen molar-refractivity contribution < 1.29 is 14.6 Å². The minimum atomic E-state index is -0.975. The van der Waals surface area contributed by atoms with Crippen molar-refractivity contribution in [1.82, 2.24) is 0 Å². The first-order valence-corrected chi connectivity index (χ1v) is 2.81. The molecular formula is C5H10O3. The topological polar surface area (TPSA) is 38.7 Å². The van der Waals surface area contributed by atoms with Gasteiger partial charge in [0.2, 0.25) is 0 Å². The number of aliphatic hydroxyl groups excluding tert-OH is 1. The highest BCUT2D eigenvalue weighted by Gasteiger charge is 2.06. The van der Waals surface area contributed by atoms with Crippen molar-refractivity contribution in [3.8, 4) is 0 Å². The molecule has 1 rings (SSSR count). The van der Waals surface area contributed by atoms with Gasteiger partial charge in [-0.1, -0.05) is 0 Å². The Hall–Kier alpha value is -0.120. The molecule has 1 aliphatic rings. The lowest BCUT2D eigenvalue weighted by atomic mass is 10.3. The molecule has 3 nitrogen and oxygen atoms in total. The van der Waals surface area contributed by atoms with Gasteiger partial charge in [0, 0.05) is 0 Å². The Bertz CT molecular complexity index is 56.7. The first-order chi connectivity index (χ1) is 3.89. The molecule has 48 valence electrons. The summed E-state index contributed by atoms with van der Waals surface area (Å²) in [6, 6.07) is 0. The average molecular weight is 118 g/mol. The molecule has 0 aromatic carbocycles. The van der Waals surface area contributed by atoms with Crippen molar-refractivity contribution in [3.05, 3.63) is 0 Å². The summed E-state index contributed by atoms with van der Waals surface area (Å²) >= 11 is 0. The predicted molar refractivity (Wildman–Crippen MR) is 27.1 cm³/mol. The van der Waals surface area contributed by atoms with E-state index >= 15 is 0 Å². The van der Waals surface area contributed by atoms with Gasteiger partial charge in [0.15, 0.2) is 0 Å². The molecule has 1 aliphatic heterocycles. The van der Waals surface area contributed by atoms with E-state index in [9.17, 15) is 0 Å². The van der Waals surface area contributed by atoms with Crippen LogP contribution < -0.4 is 0 Å². The summed E-state index contributed by atoms with van der Waals surface area (Å²) in [5, 5.41) is 8.64. The van der Waals surface area contributed by atoms with Crippen LogP contribution in [0, 0.1) is 0 Å². The molecule has 0 unspecified atom stereocenters. The van der Waals surface area contributed by atoms with Gasteiger partial charge in [-0.15, -0.1) is 0 Å². The Balaban J connectivity index is 2.17. The number of ether oxygens (including phenoxy) is 2. The number of rotatable bonds is 0. The SMILES string of the molecule is OC1OCCCCO1. The van der Waals surface area contributed by atoms with Crippen molar-refractivity contribution in [1.29, 1.82) is 0 Å². The highest BCUT2D eigenvalue weighted by Crippen LogP contribution is 2.01. The fourth-order valence-electron chi connectivity index (χ4n) is 0.621. The van der Waals surface area contributed by atoms with E-state index in [2.05, 4.69) is 0 Å². The number of hydrogen-bond donors (Lipinski definition) is 1. The molecule has 0 aromatic rings. The Morgan fingerprint density at radius 1 is 1.12 bits per heavy atom. The molecule has 0 radical (unpaired) electrons. The third-order valence-corrected chi connectivity index (χ3v) is 1.06. The Kier molecular flexibility index (Phi) is 2.27. The van der Waals surface area contributed by atoms with Crippen LogP contribution in [0.1, 0.15) is 12.8 Å². The van der Waals surface area contributed by atoms with Crippen molar-refractivity contribution in [2.24, 2.45) is 0 Å². The zero-order chi connectivity index (χ0) is 5.82. The molecule has 0 saturated carbocycles. The summed E-state index contributed by atoms with van der Waals surface area (Å²) in [7, 11) is 0. The molecule has 1 N–H and O–H groups in total. The lowest BCUT2D eigenvalue weighted by Crippen LogP contribution is -2.13. The molecule has 1 fully saturated rings. The summed E-state index contributed by atoms with van der Waals surface area (Å²) < 4.78 is 9.47. The van der Waals surface area contributed by atoms with Gasteiger partial charge in [-0.25, -0.2) is 0 Å². The van der Waals surface area contributed by atoms with E-state index in [1.54, 1.807) is 0 Å². The average Bonchev–Trinajstić information content (AvgIpc) is 1.94. The van der Waals surface area contributed by atoms with Crippen LogP contribution >= 0.6 is 0 Å². The molecule has 0 amide bonds. The fourth-order valence-corrected chi connectivity index (χ4v) is 0.621. The third-order valence-electron chi connectivity index (χ3n) is 1.06. The van der Waals surface area contributed by atoms with E-state index in [-0.39, 0.29) is 0 Å². The molecule has 8 heavy (non-hydrogen) atoms. The van der Waals surface area contributed by atoms with Crippen LogP contribution in [0.2, 0.25) is 0 Å². The molecule has 0 atom stereocenters. The molecule has 1 saturated heterocycles. The van der Waals surface area contributed by atoms with Crippen LogP contribution in [0.4, 0.5) is 0 Å². The van der Waals surface area contributed by atoms with Crippen molar-refractivity contribution in [2.45, 2.75) is 19.3 Å². The predicted octanol–water partition coefficient (Wildman–Crippen LogP) is 0.0893. The van der Waals surface area contributed by atoms with E-state index in [0.29, 0.717) is 13.2 Å². The van der Waals surface area contributed by atoms with Crippen LogP contribution in [0.3, 0.4) is 0 Å². The van der Waals surface area contributed by atoms with Gasteiger partial charge in [-0.2, -0.15) is 0 Å². The van der Waals surface area contributed by atoms with Crippen molar-refractivity contribution in [2.75, 3.05) is 13.2 Å². The first kappa shape index (κ1) is 6.01. The molecular weight excluding hydrogens is 108 g/mol. The van der Waals surface area contributed by atoms with Gasteiger partial charge in [0.25, 0.3) is 6.48 Å². The van der Waals surface area contributed by atoms with Gasteiger partial charge >= 0.3 is 0 Å². The van der Waals surface area contributed by atoms with Crippen LogP contribution in [0.25, 0.3) is 0 Å². The quantitative estimate of drug-likeness (QED) is 0.490. The van der Waals surface area contributed by atoms with E-state index in [1.807, 2.05) is 0 Å². The molecule has 1 heterocycles. The minimum absolute atomic E-state index is 0.612. The van der Waals surface area contributed by atoms with E-state index < -0.39 is 6.48 Å². The maximum Gasteiger partial charge on any atom is 0.269 e. The van der Waals surface area contributed by atoms with Crippen LogP contribution in [0.15, 0.2) is 0 Å². The zero-order valence-corrected chi connectivity index (χ0v) is 4.67. The standard InChI is InChI=1S/C5H10O3/c6-5-7-3-1-2-4-8-5/h5-6H,1-4H2. The van der Waals surface area contributed by atoms with Gasteiger partial charge in [0.05, 0.1) is 13.2 Å². The second-order valence-corrected chi connectivity index (χ2v) is 1.76. The maximum absolute atomic E-state index is 8.64. The Morgan fingerprint density at radius 2 is 1.62 bits per heavy atom. The van der Waals surface area contributed by atoms with Crippen molar-refractivity contribution >= 4 is 0 Å². The summed E-state index contributed by atoms with van der Waals surface area (Å²) in [4.78, 5) is 0. The van der Waals surface area contributed by atoms with Crippen LogP contribution in [-0.2, 0) is 9.47 Å². The largest absolute Gasteiger partial charge is 0.346 e. The van der Waals surface area contributed by atoms with Crippen molar-refractivity contribution in [3.63, 3.8) is 0 Å². The summed E-state index contributed by atoms with van der Waals surface area (Å²) in [5.41, 5.74) is 0. The summed E-state index contributed by atoms with van der Waals surface area (Å²) in [5.74, 6) is 0. The van der Waals surface area contributed by atoms with Gasteiger partial charge in [-0.3, -0.25) is 0 Å².